The maximum absolute atomic E-state index is 4.93. The standard InChI is InChI=1S/C13H16.2ClH.Zr/c1-4-11-7-12-9(2)5-6-10(3)13(12)8-11;;;/h5-7H,4,8H2,1-3H3;2*1H;/q;;;+2/p-2. The van der Waals surface area contributed by atoms with Gasteiger partial charge in [0.15, 0.2) is 0 Å². The van der Waals surface area contributed by atoms with Crippen molar-refractivity contribution < 1.29 is 20.8 Å². The molecule has 0 nitrogen and oxygen atoms in total. The second kappa shape index (κ2) is 6.99. The van der Waals surface area contributed by atoms with E-state index < -0.39 is 20.8 Å². The van der Waals surface area contributed by atoms with Gasteiger partial charge in [-0.15, -0.1) is 0 Å². The van der Waals surface area contributed by atoms with Crippen LogP contribution in [0.4, 0.5) is 0 Å². The van der Waals surface area contributed by atoms with E-state index in [0.29, 0.717) is 0 Å². The molecule has 1 aromatic rings. The number of hydrogen-bond acceptors (Lipinski definition) is 0. The summed E-state index contributed by atoms with van der Waals surface area (Å²) < 4.78 is 0. The second-order valence-electron chi connectivity index (χ2n) is 4.00. The van der Waals surface area contributed by atoms with Crippen LogP contribution < -0.4 is 0 Å². The molecule has 0 atom stereocenters. The van der Waals surface area contributed by atoms with Crippen LogP contribution in [-0.2, 0) is 27.3 Å². The van der Waals surface area contributed by atoms with E-state index in [0.717, 1.165) is 0 Å². The van der Waals surface area contributed by atoms with Gasteiger partial charge in [0.05, 0.1) is 0 Å². The Hall–Kier alpha value is 0.423. The van der Waals surface area contributed by atoms with Crippen LogP contribution >= 0.6 is 17.0 Å². The zero-order chi connectivity index (χ0) is 12.1. The first-order valence-electron chi connectivity index (χ1n) is 5.38. The van der Waals surface area contributed by atoms with E-state index in [2.05, 4.69) is 39.0 Å². The van der Waals surface area contributed by atoms with Crippen LogP contribution in [0.15, 0.2) is 17.7 Å². The molecule has 16 heavy (non-hydrogen) atoms. The van der Waals surface area contributed by atoms with Gasteiger partial charge in [-0.05, 0) is 48.9 Å². The summed E-state index contributed by atoms with van der Waals surface area (Å²) in [5.74, 6) is 0. The van der Waals surface area contributed by atoms with E-state index in [1.165, 1.54) is 29.5 Å². The number of aryl methyl sites for hydroxylation is 2. The van der Waals surface area contributed by atoms with Crippen molar-refractivity contribution in [3.8, 4) is 0 Å². The SMILES string of the molecule is CCC1=Cc2c(C)ccc(C)c2C1.[Cl][Zr][Cl]. The summed E-state index contributed by atoms with van der Waals surface area (Å²) in [5.41, 5.74) is 7.48. The van der Waals surface area contributed by atoms with Crippen LogP contribution in [0.2, 0.25) is 0 Å². The van der Waals surface area contributed by atoms with Crippen molar-refractivity contribution in [3.63, 3.8) is 0 Å². The van der Waals surface area contributed by atoms with Gasteiger partial charge in [0.2, 0.25) is 0 Å². The molecular weight excluding hydrogens is 318 g/mol. The van der Waals surface area contributed by atoms with Gasteiger partial charge in [-0.25, -0.2) is 0 Å². The van der Waals surface area contributed by atoms with E-state index >= 15 is 0 Å². The molecule has 0 spiro atoms. The van der Waals surface area contributed by atoms with E-state index in [1.807, 2.05) is 0 Å². The molecule has 0 saturated carbocycles. The number of fused-ring (bicyclic) bond motifs is 1. The molecule has 0 fully saturated rings. The summed E-state index contributed by atoms with van der Waals surface area (Å²) in [5, 5.41) is 0. The molecule has 0 aliphatic heterocycles. The monoisotopic (exact) mass is 332 g/mol. The van der Waals surface area contributed by atoms with E-state index in [1.54, 1.807) is 11.1 Å². The van der Waals surface area contributed by atoms with Crippen molar-refractivity contribution in [3.05, 3.63) is 40.0 Å². The Morgan fingerprint density at radius 1 is 1.19 bits per heavy atom. The van der Waals surface area contributed by atoms with E-state index in [9.17, 15) is 0 Å². The quantitative estimate of drug-likeness (QED) is 0.676. The van der Waals surface area contributed by atoms with Gasteiger partial charge < -0.3 is 0 Å². The molecule has 0 aromatic heterocycles. The Bertz CT molecular complexity index is 397. The third-order valence-electron chi connectivity index (χ3n) is 3.02. The summed E-state index contributed by atoms with van der Waals surface area (Å²) in [6, 6.07) is 4.46. The van der Waals surface area contributed by atoms with E-state index in [-0.39, 0.29) is 0 Å². The molecule has 0 heterocycles. The minimum atomic E-state index is -0.826. The van der Waals surface area contributed by atoms with Gasteiger partial charge in [0.1, 0.15) is 0 Å². The van der Waals surface area contributed by atoms with Gasteiger partial charge >= 0.3 is 37.9 Å². The molecule has 1 aromatic carbocycles. The van der Waals surface area contributed by atoms with Crippen molar-refractivity contribution in [2.24, 2.45) is 0 Å². The summed E-state index contributed by atoms with van der Waals surface area (Å²) in [6.07, 6.45) is 4.74. The first-order valence-corrected chi connectivity index (χ1v) is 11.7. The Morgan fingerprint density at radius 3 is 2.25 bits per heavy atom. The fraction of sp³-hybridized carbons (Fsp3) is 0.385. The minimum absolute atomic E-state index is 0.826. The Labute approximate surface area is 117 Å². The second-order valence-corrected chi connectivity index (χ2v) is 7.73. The molecule has 0 radical (unpaired) electrons. The topological polar surface area (TPSA) is 0 Å². The van der Waals surface area contributed by atoms with Crippen LogP contribution in [0.1, 0.15) is 35.6 Å². The van der Waals surface area contributed by atoms with Crippen LogP contribution in [0, 0.1) is 13.8 Å². The van der Waals surface area contributed by atoms with Crippen molar-refractivity contribution in [2.75, 3.05) is 0 Å². The normalized spacial score (nSPS) is 12.4. The number of hydrogen-bond donors (Lipinski definition) is 0. The first-order chi connectivity index (χ1) is 7.63. The van der Waals surface area contributed by atoms with Gasteiger partial charge in [-0.3, -0.25) is 0 Å². The molecule has 0 unspecified atom stereocenters. The van der Waals surface area contributed by atoms with Gasteiger partial charge in [0.25, 0.3) is 0 Å². The molecule has 0 N–H and O–H groups in total. The molecule has 1 aliphatic carbocycles. The molecule has 1 aliphatic rings. The number of benzene rings is 1. The average molecular weight is 334 g/mol. The van der Waals surface area contributed by atoms with Crippen molar-refractivity contribution in [1.29, 1.82) is 0 Å². The summed E-state index contributed by atoms with van der Waals surface area (Å²) in [4.78, 5) is 0. The van der Waals surface area contributed by atoms with Crippen molar-refractivity contribution in [1.82, 2.24) is 0 Å². The predicted molar refractivity (Wildman–Crippen MR) is 69.6 cm³/mol. The van der Waals surface area contributed by atoms with Crippen molar-refractivity contribution in [2.45, 2.75) is 33.6 Å². The number of rotatable bonds is 1. The fourth-order valence-electron chi connectivity index (χ4n) is 2.04. The van der Waals surface area contributed by atoms with Gasteiger partial charge in [0, 0.05) is 0 Å². The molecule has 0 amide bonds. The van der Waals surface area contributed by atoms with Crippen LogP contribution in [0.3, 0.4) is 0 Å². The summed E-state index contributed by atoms with van der Waals surface area (Å²) in [7, 11) is 9.87. The summed E-state index contributed by atoms with van der Waals surface area (Å²) >= 11 is -0.826. The Balaban J connectivity index is 0.000000386. The molecule has 2 rings (SSSR count). The van der Waals surface area contributed by atoms with Gasteiger partial charge in [-0.2, -0.15) is 0 Å². The molecular formula is C13H16Cl2Zr. The number of halogens is 2. The Morgan fingerprint density at radius 2 is 1.75 bits per heavy atom. The fourth-order valence-corrected chi connectivity index (χ4v) is 2.04. The Kier molecular flexibility index (Phi) is 6.33. The third kappa shape index (κ3) is 3.46. The third-order valence-corrected chi connectivity index (χ3v) is 3.02. The van der Waals surface area contributed by atoms with Gasteiger partial charge in [-0.1, -0.05) is 30.7 Å². The zero-order valence-electron chi connectivity index (χ0n) is 9.90. The predicted octanol–water partition coefficient (Wildman–Crippen LogP) is 5.03. The molecule has 86 valence electrons. The van der Waals surface area contributed by atoms with Crippen LogP contribution in [-0.4, -0.2) is 0 Å². The molecule has 0 saturated heterocycles. The van der Waals surface area contributed by atoms with Crippen LogP contribution in [0.25, 0.3) is 6.08 Å². The zero-order valence-corrected chi connectivity index (χ0v) is 13.9. The summed E-state index contributed by atoms with van der Waals surface area (Å²) in [6.45, 7) is 6.65. The van der Waals surface area contributed by atoms with Crippen molar-refractivity contribution >= 4 is 23.1 Å². The maximum atomic E-state index is 4.93. The van der Waals surface area contributed by atoms with Crippen LogP contribution in [0.5, 0.6) is 0 Å². The average Bonchev–Trinajstić information content (AvgIpc) is 2.70. The molecule has 0 bridgehead atoms. The molecule has 3 heteroatoms. The first kappa shape index (κ1) is 14.5. The van der Waals surface area contributed by atoms with E-state index in [4.69, 9.17) is 17.0 Å². The number of allylic oxidation sites excluding steroid dienone is 1.